The van der Waals surface area contributed by atoms with E-state index < -0.39 is 10.1 Å². The molecule has 0 spiro atoms. The molecule has 0 aliphatic heterocycles. The molecule has 3 nitrogen and oxygen atoms in total. The summed E-state index contributed by atoms with van der Waals surface area (Å²) >= 11 is 0. The second-order valence-corrected chi connectivity index (χ2v) is 4.77. The van der Waals surface area contributed by atoms with Gasteiger partial charge in [-0.05, 0) is 18.8 Å². The van der Waals surface area contributed by atoms with E-state index in [1.807, 2.05) is 0 Å². The van der Waals surface area contributed by atoms with Crippen molar-refractivity contribution in [3.8, 4) is 0 Å². The van der Waals surface area contributed by atoms with Crippen LogP contribution in [-0.4, -0.2) is 20.8 Å². The molecule has 11 heavy (non-hydrogen) atoms. The minimum Gasteiger partial charge on any atom is -0.267 e. The van der Waals surface area contributed by atoms with E-state index in [4.69, 9.17) is 4.18 Å². The first kappa shape index (κ1) is 9.00. The Morgan fingerprint density at radius 1 is 1.45 bits per heavy atom. The summed E-state index contributed by atoms with van der Waals surface area (Å²) in [7, 11) is -3.22. The highest BCUT2D eigenvalue weighted by molar-refractivity contribution is 7.86. The van der Waals surface area contributed by atoms with Crippen LogP contribution in [0.1, 0.15) is 26.2 Å². The number of rotatable bonds is 3. The summed E-state index contributed by atoms with van der Waals surface area (Å²) in [5.41, 5.74) is 0. The van der Waals surface area contributed by atoms with E-state index in [9.17, 15) is 8.42 Å². The van der Waals surface area contributed by atoms with Gasteiger partial charge in [0.25, 0.3) is 10.1 Å². The third-order valence-electron chi connectivity index (χ3n) is 2.08. The van der Waals surface area contributed by atoms with Crippen LogP contribution in [0.5, 0.6) is 0 Å². The second-order valence-electron chi connectivity index (χ2n) is 3.17. The summed E-state index contributed by atoms with van der Waals surface area (Å²) in [5, 5.41) is 0. The molecule has 66 valence electrons. The summed E-state index contributed by atoms with van der Waals surface area (Å²) in [5.74, 6) is 0.682. The second kappa shape index (κ2) is 3.11. The molecular formula is C7H14O3S. The minimum atomic E-state index is -3.22. The van der Waals surface area contributed by atoms with Gasteiger partial charge in [-0.1, -0.05) is 13.3 Å². The van der Waals surface area contributed by atoms with Gasteiger partial charge in [0.2, 0.25) is 0 Å². The van der Waals surface area contributed by atoms with E-state index >= 15 is 0 Å². The normalized spacial score (nSPS) is 31.5. The minimum absolute atomic E-state index is 0.0325. The van der Waals surface area contributed by atoms with Gasteiger partial charge < -0.3 is 0 Å². The van der Waals surface area contributed by atoms with Gasteiger partial charge in [0.05, 0.1) is 12.4 Å². The van der Waals surface area contributed by atoms with Crippen LogP contribution >= 0.6 is 0 Å². The van der Waals surface area contributed by atoms with E-state index in [0.29, 0.717) is 5.92 Å². The average Bonchev–Trinajstić information content (AvgIpc) is 1.75. The van der Waals surface area contributed by atoms with Gasteiger partial charge in [-0.15, -0.1) is 0 Å². The SMILES string of the molecule is CC[C@H]1C[C@@H](OS(C)(=O)=O)C1. The van der Waals surface area contributed by atoms with Crippen molar-refractivity contribution in [2.75, 3.05) is 6.26 Å². The molecule has 1 saturated carbocycles. The summed E-state index contributed by atoms with van der Waals surface area (Å²) in [6, 6.07) is 0. The summed E-state index contributed by atoms with van der Waals surface area (Å²) < 4.78 is 26.0. The van der Waals surface area contributed by atoms with E-state index in [1.54, 1.807) is 0 Å². The molecule has 0 heterocycles. The first-order chi connectivity index (χ1) is 5.01. The maximum Gasteiger partial charge on any atom is 0.264 e. The molecule has 0 radical (unpaired) electrons. The van der Waals surface area contributed by atoms with Crippen LogP contribution in [0.4, 0.5) is 0 Å². The monoisotopic (exact) mass is 178 g/mol. The molecule has 0 aromatic rings. The molecule has 0 bridgehead atoms. The van der Waals surface area contributed by atoms with Crippen molar-refractivity contribution < 1.29 is 12.6 Å². The lowest BCUT2D eigenvalue weighted by atomic mass is 9.81. The molecule has 0 atom stereocenters. The largest absolute Gasteiger partial charge is 0.267 e. The molecule has 0 aromatic carbocycles. The lowest BCUT2D eigenvalue weighted by Crippen LogP contribution is -2.32. The van der Waals surface area contributed by atoms with Gasteiger partial charge in [-0.3, -0.25) is 4.18 Å². The summed E-state index contributed by atoms with van der Waals surface area (Å²) in [6.45, 7) is 2.11. The van der Waals surface area contributed by atoms with Gasteiger partial charge in [0.15, 0.2) is 0 Å². The van der Waals surface area contributed by atoms with Crippen molar-refractivity contribution in [2.45, 2.75) is 32.3 Å². The first-order valence-electron chi connectivity index (χ1n) is 3.89. The zero-order valence-corrected chi connectivity index (χ0v) is 7.73. The molecule has 0 N–H and O–H groups in total. The molecule has 1 rings (SSSR count). The van der Waals surface area contributed by atoms with E-state index in [0.717, 1.165) is 25.5 Å². The van der Waals surface area contributed by atoms with Gasteiger partial charge >= 0.3 is 0 Å². The maximum absolute atomic E-state index is 10.6. The fourth-order valence-corrected chi connectivity index (χ4v) is 1.99. The van der Waals surface area contributed by atoms with Gasteiger partial charge in [-0.25, -0.2) is 0 Å². The lowest BCUT2D eigenvalue weighted by Gasteiger charge is -2.33. The number of hydrogen-bond acceptors (Lipinski definition) is 3. The zero-order valence-electron chi connectivity index (χ0n) is 6.91. The topological polar surface area (TPSA) is 43.4 Å². The Balaban J connectivity index is 2.24. The van der Waals surface area contributed by atoms with Crippen molar-refractivity contribution >= 4 is 10.1 Å². The molecule has 4 heteroatoms. The van der Waals surface area contributed by atoms with Gasteiger partial charge in [0.1, 0.15) is 0 Å². The van der Waals surface area contributed by atoms with Crippen molar-refractivity contribution in [3.63, 3.8) is 0 Å². The van der Waals surface area contributed by atoms with Crippen LogP contribution in [0.2, 0.25) is 0 Å². The van der Waals surface area contributed by atoms with Crippen molar-refractivity contribution in [1.29, 1.82) is 0 Å². The smallest absolute Gasteiger partial charge is 0.264 e. The fourth-order valence-electron chi connectivity index (χ4n) is 1.33. The Kier molecular flexibility index (Phi) is 2.54. The van der Waals surface area contributed by atoms with Crippen LogP contribution in [0, 0.1) is 5.92 Å². The maximum atomic E-state index is 10.6. The van der Waals surface area contributed by atoms with E-state index in [2.05, 4.69) is 6.92 Å². The standard InChI is InChI=1S/C7H14O3S/c1-3-6-4-7(5-6)10-11(2,8)9/h6-7H,3-5H2,1-2H3/t6-,7+. The number of hydrogen-bond donors (Lipinski definition) is 0. The summed E-state index contributed by atoms with van der Waals surface area (Å²) in [6.07, 6.45) is 4.01. The quantitative estimate of drug-likeness (QED) is 0.609. The molecular weight excluding hydrogens is 164 g/mol. The summed E-state index contributed by atoms with van der Waals surface area (Å²) in [4.78, 5) is 0. The predicted octanol–water partition coefficient (Wildman–Crippen LogP) is 1.15. The fraction of sp³-hybridized carbons (Fsp3) is 1.00. The molecule has 0 unspecified atom stereocenters. The zero-order chi connectivity index (χ0) is 8.48. The Labute approximate surface area is 67.9 Å². The van der Waals surface area contributed by atoms with Crippen LogP contribution < -0.4 is 0 Å². The lowest BCUT2D eigenvalue weighted by molar-refractivity contribution is 0.0700. The molecule has 0 amide bonds. The van der Waals surface area contributed by atoms with E-state index in [-0.39, 0.29) is 6.10 Å². The highest BCUT2D eigenvalue weighted by Gasteiger charge is 2.30. The van der Waals surface area contributed by atoms with Gasteiger partial charge in [-0.2, -0.15) is 8.42 Å². The van der Waals surface area contributed by atoms with Crippen LogP contribution in [-0.2, 0) is 14.3 Å². The Bertz CT molecular complexity index is 214. The van der Waals surface area contributed by atoms with Crippen molar-refractivity contribution in [1.82, 2.24) is 0 Å². The van der Waals surface area contributed by atoms with Crippen LogP contribution in [0.25, 0.3) is 0 Å². The average molecular weight is 178 g/mol. The first-order valence-corrected chi connectivity index (χ1v) is 5.71. The molecule has 1 aliphatic rings. The van der Waals surface area contributed by atoms with Crippen molar-refractivity contribution in [3.05, 3.63) is 0 Å². The molecule has 0 aromatic heterocycles. The van der Waals surface area contributed by atoms with Crippen LogP contribution in [0.3, 0.4) is 0 Å². The molecule has 1 fully saturated rings. The molecule has 0 saturated heterocycles. The Hall–Kier alpha value is -0.0900. The highest BCUT2D eigenvalue weighted by Crippen LogP contribution is 2.32. The molecule has 1 aliphatic carbocycles. The Morgan fingerprint density at radius 3 is 2.36 bits per heavy atom. The third kappa shape index (κ3) is 2.79. The third-order valence-corrected chi connectivity index (χ3v) is 2.70. The Morgan fingerprint density at radius 2 is 2.00 bits per heavy atom. The van der Waals surface area contributed by atoms with Crippen LogP contribution in [0.15, 0.2) is 0 Å². The highest BCUT2D eigenvalue weighted by atomic mass is 32.2. The van der Waals surface area contributed by atoms with Crippen molar-refractivity contribution in [2.24, 2.45) is 5.92 Å². The van der Waals surface area contributed by atoms with E-state index in [1.165, 1.54) is 0 Å². The predicted molar refractivity (Wildman–Crippen MR) is 42.7 cm³/mol. The van der Waals surface area contributed by atoms with Gasteiger partial charge in [0, 0.05) is 0 Å².